The Morgan fingerprint density at radius 3 is 2.00 bits per heavy atom. The summed E-state index contributed by atoms with van der Waals surface area (Å²) in [4.78, 5) is 21.5. The molecule has 0 saturated heterocycles. The first-order chi connectivity index (χ1) is 6.99. The van der Waals surface area contributed by atoms with Crippen LogP contribution in [0.4, 0.5) is 22.8 Å². The van der Waals surface area contributed by atoms with Crippen LogP contribution in [0.2, 0.25) is 0 Å². The van der Waals surface area contributed by atoms with E-state index in [1.807, 2.05) is 0 Å². The van der Waals surface area contributed by atoms with Gasteiger partial charge in [-0.15, -0.1) is 0 Å². The van der Waals surface area contributed by atoms with Gasteiger partial charge in [-0.25, -0.2) is 14.9 Å². The summed E-state index contributed by atoms with van der Waals surface area (Å²) in [7, 11) is 0. The Balaban J connectivity index is 3.93. The fraction of sp³-hybridized carbons (Fsp3) is 0.750. The molecule has 0 radical (unpaired) electrons. The average Bonchev–Trinajstić information content (AvgIpc) is 1.95. The first kappa shape index (κ1) is 14.5. The highest BCUT2D eigenvalue weighted by Crippen LogP contribution is 2.14. The number of imide groups is 1. The van der Waals surface area contributed by atoms with Crippen molar-refractivity contribution in [1.82, 2.24) is 5.32 Å². The largest absolute Gasteiger partial charge is 0.443 e. The van der Waals surface area contributed by atoms with Crippen LogP contribution in [0, 0.1) is 0 Å². The molecule has 5 nitrogen and oxygen atoms in total. The van der Waals surface area contributed by atoms with Crippen LogP contribution in [-0.4, -0.2) is 30.6 Å². The number of nitrogens with one attached hydrogen (secondary N) is 1. The minimum atomic E-state index is -4.63. The molecule has 0 aromatic heterocycles. The predicted octanol–water partition coefficient (Wildman–Crippen LogP) is 2.21. The number of alkyl halides is 3. The molecule has 0 aromatic carbocycles. The monoisotopic (exact) mass is 243 g/mol. The summed E-state index contributed by atoms with van der Waals surface area (Å²) in [6, 6.07) is 0. The third kappa shape index (κ3) is 9.10. The van der Waals surface area contributed by atoms with Gasteiger partial charge < -0.3 is 9.47 Å². The second-order valence-corrected chi connectivity index (χ2v) is 3.82. The molecule has 16 heavy (non-hydrogen) atoms. The molecule has 0 aromatic rings. The molecule has 1 N–H and O–H groups in total. The van der Waals surface area contributed by atoms with Gasteiger partial charge in [0.15, 0.2) is 6.61 Å². The van der Waals surface area contributed by atoms with Gasteiger partial charge in [-0.2, -0.15) is 13.2 Å². The first-order valence-electron chi connectivity index (χ1n) is 4.23. The molecule has 0 bridgehead atoms. The Morgan fingerprint density at radius 1 is 1.12 bits per heavy atom. The number of halogens is 3. The molecule has 0 aliphatic rings. The van der Waals surface area contributed by atoms with Crippen LogP contribution in [-0.2, 0) is 9.47 Å². The molecule has 0 fully saturated rings. The lowest BCUT2D eigenvalue weighted by atomic mass is 10.2. The average molecular weight is 243 g/mol. The van der Waals surface area contributed by atoms with Crippen molar-refractivity contribution in [3.63, 3.8) is 0 Å². The third-order valence-electron chi connectivity index (χ3n) is 0.970. The summed E-state index contributed by atoms with van der Waals surface area (Å²) >= 11 is 0. The van der Waals surface area contributed by atoms with E-state index in [2.05, 4.69) is 9.47 Å². The molecule has 0 spiro atoms. The van der Waals surface area contributed by atoms with Gasteiger partial charge in [0.25, 0.3) is 0 Å². The van der Waals surface area contributed by atoms with Crippen molar-refractivity contribution >= 4 is 12.2 Å². The normalized spacial score (nSPS) is 11.9. The van der Waals surface area contributed by atoms with E-state index >= 15 is 0 Å². The highest BCUT2D eigenvalue weighted by atomic mass is 19.4. The van der Waals surface area contributed by atoms with Crippen molar-refractivity contribution in [2.45, 2.75) is 32.5 Å². The molecule has 0 heterocycles. The minimum Gasteiger partial charge on any atom is -0.443 e. The number of rotatable bonds is 1. The standard InChI is InChI=1S/C8H12F3NO4/c1-7(2,3)16-6(14)12-5(13)15-4-8(9,10)11/h4H2,1-3H3,(H,12,13,14). The van der Waals surface area contributed by atoms with Crippen molar-refractivity contribution in [1.29, 1.82) is 0 Å². The van der Waals surface area contributed by atoms with E-state index in [1.54, 1.807) is 0 Å². The van der Waals surface area contributed by atoms with Crippen LogP contribution >= 0.6 is 0 Å². The molecule has 8 heteroatoms. The molecule has 94 valence electrons. The third-order valence-corrected chi connectivity index (χ3v) is 0.970. The van der Waals surface area contributed by atoms with E-state index in [9.17, 15) is 22.8 Å². The Morgan fingerprint density at radius 2 is 1.62 bits per heavy atom. The van der Waals surface area contributed by atoms with Crippen molar-refractivity contribution in [2.75, 3.05) is 6.61 Å². The molecular formula is C8H12F3NO4. The van der Waals surface area contributed by atoms with E-state index in [0.717, 1.165) is 0 Å². The lowest BCUT2D eigenvalue weighted by Crippen LogP contribution is -2.37. The number of amides is 2. The summed E-state index contributed by atoms with van der Waals surface area (Å²) < 4.78 is 43.1. The van der Waals surface area contributed by atoms with Gasteiger partial charge >= 0.3 is 18.4 Å². The van der Waals surface area contributed by atoms with Gasteiger partial charge in [-0.3, -0.25) is 0 Å². The SMILES string of the molecule is CC(C)(C)OC(=O)NC(=O)OCC(F)(F)F. The Bertz CT molecular complexity index is 269. The van der Waals surface area contributed by atoms with Gasteiger partial charge in [-0.1, -0.05) is 0 Å². The van der Waals surface area contributed by atoms with E-state index in [4.69, 9.17) is 0 Å². The number of alkyl carbamates (subject to hydrolysis) is 2. The Labute approximate surface area is 89.9 Å². The topological polar surface area (TPSA) is 64.6 Å². The number of carbonyl (C=O) groups is 2. The predicted molar refractivity (Wildman–Crippen MR) is 46.8 cm³/mol. The second-order valence-electron chi connectivity index (χ2n) is 3.82. The van der Waals surface area contributed by atoms with Crippen molar-refractivity contribution < 1.29 is 32.2 Å². The fourth-order valence-electron chi connectivity index (χ4n) is 0.570. The van der Waals surface area contributed by atoms with Gasteiger partial charge in [-0.05, 0) is 20.8 Å². The first-order valence-corrected chi connectivity index (χ1v) is 4.23. The summed E-state index contributed by atoms with van der Waals surface area (Å²) in [5, 5.41) is 1.49. The molecular weight excluding hydrogens is 231 g/mol. The zero-order valence-corrected chi connectivity index (χ0v) is 8.97. The number of hydrogen-bond donors (Lipinski definition) is 1. The molecule has 0 aliphatic carbocycles. The smallest absolute Gasteiger partial charge is 0.422 e. The fourth-order valence-corrected chi connectivity index (χ4v) is 0.570. The lowest BCUT2D eigenvalue weighted by Gasteiger charge is -2.19. The maximum atomic E-state index is 11.6. The highest BCUT2D eigenvalue weighted by Gasteiger charge is 2.30. The van der Waals surface area contributed by atoms with Gasteiger partial charge in [0.05, 0.1) is 0 Å². The van der Waals surface area contributed by atoms with E-state index in [1.165, 1.54) is 26.1 Å². The van der Waals surface area contributed by atoms with Gasteiger partial charge in [0.2, 0.25) is 0 Å². The maximum Gasteiger partial charge on any atom is 0.422 e. The Hall–Kier alpha value is -1.47. The van der Waals surface area contributed by atoms with Crippen molar-refractivity contribution in [3.05, 3.63) is 0 Å². The summed E-state index contributed by atoms with van der Waals surface area (Å²) in [5.74, 6) is 0. The van der Waals surface area contributed by atoms with E-state index < -0.39 is 30.6 Å². The molecule has 0 atom stereocenters. The Kier molecular flexibility index (Phi) is 4.58. The molecule has 0 aliphatic heterocycles. The summed E-state index contributed by atoms with van der Waals surface area (Å²) in [6.07, 6.45) is -7.31. The van der Waals surface area contributed by atoms with Gasteiger partial charge in [0.1, 0.15) is 5.60 Å². The highest BCUT2D eigenvalue weighted by molar-refractivity contribution is 5.87. The number of ether oxygens (including phenoxy) is 2. The molecule has 0 unspecified atom stereocenters. The number of carbonyl (C=O) groups excluding carboxylic acids is 2. The molecule has 0 rings (SSSR count). The minimum absolute atomic E-state index is 0.853. The molecule has 2 amide bonds. The van der Waals surface area contributed by atoms with Crippen LogP contribution in [0.25, 0.3) is 0 Å². The number of hydrogen-bond acceptors (Lipinski definition) is 4. The van der Waals surface area contributed by atoms with Gasteiger partial charge in [0, 0.05) is 0 Å². The van der Waals surface area contributed by atoms with Crippen LogP contribution in [0.1, 0.15) is 20.8 Å². The second kappa shape index (κ2) is 5.04. The summed E-state index contributed by atoms with van der Waals surface area (Å²) in [6.45, 7) is 2.84. The quantitative estimate of drug-likeness (QED) is 0.766. The lowest BCUT2D eigenvalue weighted by molar-refractivity contribution is -0.160. The van der Waals surface area contributed by atoms with Crippen molar-refractivity contribution in [2.24, 2.45) is 0 Å². The van der Waals surface area contributed by atoms with Crippen LogP contribution in [0.3, 0.4) is 0 Å². The maximum absolute atomic E-state index is 11.6. The zero-order valence-electron chi connectivity index (χ0n) is 8.97. The van der Waals surface area contributed by atoms with Crippen LogP contribution in [0.5, 0.6) is 0 Å². The van der Waals surface area contributed by atoms with Crippen molar-refractivity contribution in [3.8, 4) is 0 Å². The zero-order chi connectivity index (χ0) is 13.0. The van der Waals surface area contributed by atoms with E-state index in [0.29, 0.717) is 0 Å². The van der Waals surface area contributed by atoms with Crippen LogP contribution < -0.4 is 5.32 Å². The van der Waals surface area contributed by atoms with E-state index in [-0.39, 0.29) is 0 Å². The van der Waals surface area contributed by atoms with Crippen LogP contribution in [0.15, 0.2) is 0 Å². The molecule has 0 saturated carbocycles. The summed E-state index contributed by atoms with van der Waals surface area (Å²) in [5.41, 5.74) is -0.853.